The highest BCUT2D eigenvalue weighted by Crippen LogP contribution is 2.31. The third-order valence-corrected chi connectivity index (χ3v) is 6.22. The first kappa shape index (κ1) is 23.7. The molecule has 0 amide bonds. The number of aromatic nitrogens is 2. The Balaban J connectivity index is 1.99. The van der Waals surface area contributed by atoms with E-state index in [2.05, 4.69) is 15.3 Å². The standard InChI is InChI=1S/C20H26FN5O5S/c1-4-31-17-10-16(30-2)13(9-15(17)21)18(27)14-11-24-20(25-19(14)22)26(32(3,28)29)12-5-7-23-8-6-12/h9-12,23H,4-8H2,1-3H3,(H2,22,24,25). The molecule has 2 aromatic rings. The van der Waals surface area contributed by atoms with E-state index in [1.54, 1.807) is 6.92 Å². The summed E-state index contributed by atoms with van der Waals surface area (Å²) in [5.74, 6) is -1.69. The topological polar surface area (TPSA) is 137 Å². The number of ketones is 1. The first-order valence-corrected chi connectivity index (χ1v) is 11.9. The zero-order valence-corrected chi connectivity index (χ0v) is 18.9. The van der Waals surface area contributed by atoms with Crippen LogP contribution in [0.2, 0.25) is 0 Å². The molecule has 2 heterocycles. The minimum Gasteiger partial charge on any atom is -0.496 e. The largest absolute Gasteiger partial charge is 0.496 e. The van der Waals surface area contributed by atoms with E-state index in [-0.39, 0.29) is 47.0 Å². The van der Waals surface area contributed by atoms with Gasteiger partial charge in [-0.2, -0.15) is 4.98 Å². The first-order valence-electron chi connectivity index (χ1n) is 10.0. The third-order valence-electron chi connectivity index (χ3n) is 5.04. The van der Waals surface area contributed by atoms with Gasteiger partial charge in [0.05, 0.1) is 37.1 Å². The van der Waals surface area contributed by atoms with Gasteiger partial charge in [0.2, 0.25) is 21.8 Å². The van der Waals surface area contributed by atoms with Gasteiger partial charge >= 0.3 is 0 Å². The summed E-state index contributed by atoms with van der Waals surface area (Å²) < 4.78 is 50.8. The quantitative estimate of drug-likeness (QED) is 0.551. The van der Waals surface area contributed by atoms with E-state index < -0.39 is 21.6 Å². The molecule has 0 aliphatic carbocycles. The number of nitrogen functional groups attached to an aromatic ring is 1. The van der Waals surface area contributed by atoms with Gasteiger partial charge in [-0.3, -0.25) is 4.79 Å². The van der Waals surface area contributed by atoms with Gasteiger partial charge in [-0.05, 0) is 38.9 Å². The van der Waals surface area contributed by atoms with Crippen molar-refractivity contribution < 1.29 is 27.1 Å². The number of nitrogens with one attached hydrogen (secondary N) is 1. The van der Waals surface area contributed by atoms with Gasteiger partial charge in [0, 0.05) is 12.3 Å². The van der Waals surface area contributed by atoms with Crippen molar-refractivity contribution >= 4 is 27.6 Å². The molecular formula is C20H26FN5O5S. The maximum atomic E-state index is 14.4. The summed E-state index contributed by atoms with van der Waals surface area (Å²) in [7, 11) is -2.35. The Kier molecular flexibility index (Phi) is 7.14. The van der Waals surface area contributed by atoms with E-state index in [4.69, 9.17) is 15.2 Å². The zero-order valence-electron chi connectivity index (χ0n) is 18.1. The van der Waals surface area contributed by atoms with Crippen LogP contribution in [0.3, 0.4) is 0 Å². The Morgan fingerprint density at radius 1 is 1.28 bits per heavy atom. The minimum absolute atomic E-state index is 0.0498. The number of nitrogens with zero attached hydrogens (tertiary/aromatic N) is 3. The van der Waals surface area contributed by atoms with Gasteiger partial charge in [-0.15, -0.1) is 0 Å². The fourth-order valence-corrected chi connectivity index (χ4v) is 4.72. The van der Waals surface area contributed by atoms with Crippen molar-refractivity contribution in [1.82, 2.24) is 15.3 Å². The Labute approximate surface area is 186 Å². The molecule has 1 aromatic heterocycles. The number of rotatable bonds is 8. The van der Waals surface area contributed by atoms with Gasteiger partial charge < -0.3 is 20.5 Å². The van der Waals surface area contributed by atoms with E-state index in [9.17, 15) is 17.6 Å². The first-order chi connectivity index (χ1) is 15.2. The van der Waals surface area contributed by atoms with Crippen LogP contribution in [-0.4, -0.2) is 63.3 Å². The fourth-order valence-electron chi connectivity index (χ4n) is 3.58. The Hall–Kier alpha value is -2.99. The van der Waals surface area contributed by atoms with E-state index in [1.807, 2.05) is 0 Å². The molecule has 0 saturated carbocycles. The predicted molar refractivity (Wildman–Crippen MR) is 117 cm³/mol. The molecule has 1 aliphatic rings. The van der Waals surface area contributed by atoms with Crippen LogP contribution in [0.5, 0.6) is 11.5 Å². The maximum Gasteiger partial charge on any atom is 0.241 e. The number of carbonyl (C=O) groups is 1. The molecule has 10 nitrogen and oxygen atoms in total. The van der Waals surface area contributed by atoms with Crippen LogP contribution >= 0.6 is 0 Å². The Bertz CT molecular complexity index is 1110. The molecule has 1 saturated heterocycles. The number of hydrogen-bond donors (Lipinski definition) is 2. The lowest BCUT2D eigenvalue weighted by Crippen LogP contribution is -2.46. The number of hydrogen-bond acceptors (Lipinski definition) is 9. The summed E-state index contributed by atoms with van der Waals surface area (Å²) in [5.41, 5.74) is 5.82. The molecule has 0 bridgehead atoms. The number of sulfonamides is 1. The zero-order chi connectivity index (χ0) is 23.5. The van der Waals surface area contributed by atoms with E-state index in [0.29, 0.717) is 25.9 Å². The number of anilines is 2. The summed E-state index contributed by atoms with van der Waals surface area (Å²) in [6.07, 6.45) is 3.38. The van der Waals surface area contributed by atoms with Gasteiger partial charge in [0.1, 0.15) is 11.6 Å². The number of carbonyl (C=O) groups excluding carboxylic acids is 1. The molecule has 174 valence electrons. The van der Waals surface area contributed by atoms with Crippen molar-refractivity contribution in [2.45, 2.75) is 25.8 Å². The molecule has 1 fully saturated rings. The van der Waals surface area contributed by atoms with E-state index in [1.165, 1.54) is 13.2 Å². The van der Waals surface area contributed by atoms with Crippen LogP contribution in [0, 0.1) is 5.82 Å². The second-order valence-corrected chi connectivity index (χ2v) is 9.11. The second kappa shape index (κ2) is 9.65. The Morgan fingerprint density at radius 3 is 2.53 bits per heavy atom. The number of benzene rings is 1. The van der Waals surface area contributed by atoms with Crippen molar-refractivity contribution in [1.29, 1.82) is 0 Å². The summed E-state index contributed by atoms with van der Waals surface area (Å²) in [5, 5.41) is 3.17. The van der Waals surface area contributed by atoms with Crippen molar-refractivity contribution in [3.05, 3.63) is 35.3 Å². The maximum absolute atomic E-state index is 14.4. The number of piperidine rings is 1. The average molecular weight is 468 g/mol. The third kappa shape index (κ3) is 4.91. The van der Waals surface area contributed by atoms with Crippen LogP contribution in [0.25, 0.3) is 0 Å². The molecule has 12 heteroatoms. The monoisotopic (exact) mass is 467 g/mol. The predicted octanol–water partition coefficient (Wildman–Crippen LogP) is 1.35. The van der Waals surface area contributed by atoms with Gasteiger partial charge in [-0.25, -0.2) is 22.1 Å². The number of ether oxygens (including phenoxy) is 2. The molecule has 0 radical (unpaired) electrons. The number of methoxy groups -OCH3 is 1. The smallest absolute Gasteiger partial charge is 0.241 e. The summed E-state index contributed by atoms with van der Waals surface area (Å²) in [6.45, 7) is 3.26. The van der Waals surface area contributed by atoms with Gasteiger partial charge in [-0.1, -0.05) is 0 Å². The molecule has 1 aliphatic heterocycles. The molecule has 3 N–H and O–H groups in total. The van der Waals surface area contributed by atoms with Crippen LogP contribution in [0.15, 0.2) is 18.3 Å². The van der Waals surface area contributed by atoms with Crippen molar-refractivity contribution in [2.75, 3.05) is 43.1 Å². The Morgan fingerprint density at radius 2 is 1.97 bits per heavy atom. The molecular weight excluding hydrogens is 441 g/mol. The van der Waals surface area contributed by atoms with E-state index in [0.717, 1.165) is 22.8 Å². The highest BCUT2D eigenvalue weighted by molar-refractivity contribution is 7.92. The highest BCUT2D eigenvalue weighted by atomic mass is 32.2. The van der Waals surface area contributed by atoms with E-state index >= 15 is 0 Å². The van der Waals surface area contributed by atoms with Crippen molar-refractivity contribution in [3.63, 3.8) is 0 Å². The average Bonchev–Trinajstić information content (AvgIpc) is 2.74. The molecule has 0 unspecified atom stereocenters. The summed E-state index contributed by atoms with van der Waals surface area (Å²) in [6, 6.07) is 1.95. The summed E-state index contributed by atoms with van der Waals surface area (Å²) >= 11 is 0. The lowest BCUT2D eigenvalue weighted by Gasteiger charge is -2.32. The lowest BCUT2D eigenvalue weighted by molar-refractivity contribution is 0.103. The summed E-state index contributed by atoms with van der Waals surface area (Å²) in [4.78, 5) is 21.3. The van der Waals surface area contributed by atoms with Crippen molar-refractivity contribution in [3.8, 4) is 11.5 Å². The fraction of sp³-hybridized carbons (Fsp3) is 0.450. The molecule has 1 aromatic carbocycles. The van der Waals surface area contributed by atoms with Crippen molar-refractivity contribution in [2.24, 2.45) is 0 Å². The normalized spacial score (nSPS) is 14.8. The lowest BCUT2D eigenvalue weighted by atomic mass is 10.0. The SMILES string of the molecule is CCOc1cc(OC)c(C(=O)c2cnc(N(C3CCNCC3)S(C)(=O)=O)nc2N)cc1F. The number of nitrogens with two attached hydrogens (primary N) is 1. The van der Waals surface area contributed by atoms with Crippen LogP contribution < -0.4 is 24.8 Å². The molecule has 3 rings (SSSR count). The molecule has 0 spiro atoms. The molecule has 32 heavy (non-hydrogen) atoms. The van der Waals surface area contributed by atoms with Crippen LogP contribution in [0.1, 0.15) is 35.7 Å². The van der Waals surface area contributed by atoms with Crippen LogP contribution in [0.4, 0.5) is 16.2 Å². The second-order valence-electron chi connectivity index (χ2n) is 7.25. The highest BCUT2D eigenvalue weighted by Gasteiger charge is 2.31. The van der Waals surface area contributed by atoms with Crippen LogP contribution in [-0.2, 0) is 10.0 Å². The van der Waals surface area contributed by atoms with Gasteiger partial charge in [0.25, 0.3) is 0 Å². The molecule has 0 atom stereocenters. The van der Waals surface area contributed by atoms with Gasteiger partial charge in [0.15, 0.2) is 11.6 Å². The minimum atomic E-state index is -3.69. The number of halogens is 1.